The van der Waals surface area contributed by atoms with E-state index in [0.717, 1.165) is 18.7 Å². The maximum Gasteiger partial charge on any atom is 0.120 e. The summed E-state index contributed by atoms with van der Waals surface area (Å²) in [5.74, 6) is 0.928. The summed E-state index contributed by atoms with van der Waals surface area (Å²) in [6, 6.07) is 19.1. The van der Waals surface area contributed by atoms with Crippen molar-refractivity contribution < 1.29 is 4.74 Å². The van der Waals surface area contributed by atoms with Crippen LogP contribution in [0.2, 0.25) is 0 Å². The average Bonchev–Trinajstić information content (AvgIpc) is 2.52. The van der Waals surface area contributed by atoms with Crippen LogP contribution in [0.3, 0.4) is 0 Å². The smallest absolute Gasteiger partial charge is 0.120 e. The Kier molecular flexibility index (Phi) is 5.63. The van der Waals surface area contributed by atoms with Crippen molar-refractivity contribution in [2.24, 2.45) is 0 Å². The highest BCUT2D eigenvalue weighted by atomic mass is 16.5. The summed E-state index contributed by atoms with van der Waals surface area (Å²) >= 11 is 0. The third-order valence-electron chi connectivity index (χ3n) is 3.41. The van der Waals surface area contributed by atoms with E-state index in [4.69, 9.17) is 4.74 Å². The van der Waals surface area contributed by atoms with Gasteiger partial charge in [-0.25, -0.2) is 0 Å². The third kappa shape index (κ3) is 4.71. The lowest BCUT2D eigenvalue weighted by Gasteiger charge is -2.12. The lowest BCUT2D eigenvalue weighted by Crippen LogP contribution is -2.24. The van der Waals surface area contributed by atoms with Gasteiger partial charge in [-0.05, 0) is 36.6 Å². The second-order valence-electron chi connectivity index (χ2n) is 5.11. The van der Waals surface area contributed by atoms with Crippen LogP contribution in [0, 0.1) is 0 Å². The summed E-state index contributed by atoms with van der Waals surface area (Å²) in [5.41, 5.74) is 2.45. The summed E-state index contributed by atoms with van der Waals surface area (Å²) in [6.45, 7) is 5.90. The van der Waals surface area contributed by atoms with Crippen LogP contribution < -0.4 is 10.1 Å². The number of rotatable bonds is 7. The lowest BCUT2D eigenvalue weighted by atomic mass is 10.2. The maximum atomic E-state index is 5.84. The van der Waals surface area contributed by atoms with Crippen LogP contribution in [0.15, 0.2) is 54.6 Å². The molecule has 2 nitrogen and oxygen atoms in total. The van der Waals surface area contributed by atoms with Crippen LogP contribution >= 0.6 is 0 Å². The quantitative estimate of drug-likeness (QED) is 0.815. The second-order valence-corrected chi connectivity index (χ2v) is 5.11. The summed E-state index contributed by atoms with van der Waals surface area (Å²) in [4.78, 5) is 0. The van der Waals surface area contributed by atoms with E-state index in [-0.39, 0.29) is 0 Å². The van der Waals surface area contributed by atoms with Crippen molar-refractivity contribution in [3.63, 3.8) is 0 Å². The normalized spacial score (nSPS) is 12.1. The Morgan fingerprint density at radius 2 is 1.75 bits per heavy atom. The van der Waals surface area contributed by atoms with E-state index in [0.29, 0.717) is 12.6 Å². The Balaban J connectivity index is 1.89. The molecule has 0 heterocycles. The zero-order chi connectivity index (χ0) is 14.2. The number of benzene rings is 2. The van der Waals surface area contributed by atoms with Gasteiger partial charge in [-0.3, -0.25) is 0 Å². The molecular weight excluding hydrogens is 246 g/mol. The van der Waals surface area contributed by atoms with Crippen LogP contribution in [-0.4, -0.2) is 6.04 Å². The summed E-state index contributed by atoms with van der Waals surface area (Å²) in [5, 5.41) is 3.49. The van der Waals surface area contributed by atoms with E-state index >= 15 is 0 Å². The van der Waals surface area contributed by atoms with Gasteiger partial charge in [-0.2, -0.15) is 0 Å². The maximum absolute atomic E-state index is 5.84. The van der Waals surface area contributed by atoms with Crippen LogP contribution in [0.1, 0.15) is 31.4 Å². The van der Waals surface area contributed by atoms with E-state index in [9.17, 15) is 0 Å². The molecule has 2 heteroatoms. The largest absolute Gasteiger partial charge is 0.489 e. The van der Waals surface area contributed by atoms with Crippen molar-refractivity contribution in [1.82, 2.24) is 5.32 Å². The van der Waals surface area contributed by atoms with Crippen molar-refractivity contribution in [3.8, 4) is 5.75 Å². The molecule has 0 saturated carbocycles. The summed E-state index contributed by atoms with van der Waals surface area (Å²) in [6.07, 6.45) is 1.14. The molecule has 2 rings (SSSR count). The zero-order valence-electron chi connectivity index (χ0n) is 12.3. The van der Waals surface area contributed by atoms with E-state index in [1.54, 1.807) is 0 Å². The number of hydrogen-bond acceptors (Lipinski definition) is 2. The molecule has 0 aliphatic carbocycles. The first-order valence-corrected chi connectivity index (χ1v) is 7.27. The molecule has 2 aromatic carbocycles. The molecule has 0 fully saturated rings. The van der Waals surface area contributed by atoms with E-state index in [2.05, 4.69) is 43.4 Å². The molecule has 2 aromatic rings. The van der Waals surface area contributed by atoms with Crippen molar-refractivity contribution in [2.75, 3.05) is 0 Å². The van der Waals surface area contributed by atoms with Crippen LogP contribution in [0.25, 0.3) is 0 Å². The minimum atomic E-state index is 0.545. The van der Waals surface area contributed by atoms with Gasteiger partial charge in [0.15, 0.2) is 0 Å². The van der Waals surface area contributed by atoms with Gasteiger partial charge in [0.2, 0.25) is 0 Å². The van der Waals surface area contributed by atoms with E-state index < -0.39 is 0 Å². The van der Waals surface area contributed by atoms with Crippen LogP contribution in [0.4, 0.5) is 0 Å². The lowest BCUT2D eigenvalue weighted by molar-refractivity contribution is 0.306. The van der Waals surface area contributed by atoms with Crippen LogP contribution in [-0.2, 0) is 13.2 Å². The van der Waals surface area contributed by atoms with Crippen molar-refractivity contribution >= 4 is 0 Å². The zero-order valence-corrected chi connectivity index (χ0v) is 12.3. The number of ether oxygens (including phenoxy) is 1. The molecule has 20 heavy (non-hydrogen) atoms. The molecule has 0 bridgehead atoms. The first-order valence-electron chi connectivity index (χ1n) is 7.27. The van der Waals surface area contributed by atoms with Gasteiger partial charge in [-0.1, -0.05) is 49.4 Å². The molecule has 0 unspecified atom stereocenters. The molecule has 1 N–H and O–H groups in total. The minimum Gasteiger partial charge on any atom is -0.489 e. The fourth-order valence-electron chi connectivity index (χ4n) is 1.92. The van der Waals surface area contributed by atoms with Gasteiger partial charge in [0, 0.05) is 12.6 Å². The Morgan fingerprint density at radius 1 is 1.00 bits per heavy atom. The highest BCUT2D eigenvalue weighted by Gasteiger charge is 2.00. The van der Waals surface area contributed by atoms with Gasteiger partial charge in [0.1, 0.15) is 12.4 Å². The number of hydrogen-bond donors (Lipinski definition) is 1. The van der Waals surface area contributed by atoms with Crippen LogP contribution in [0.5, 0.6) is 5.75 Å². The summed E-state index contributed by atoms with van der Waals surface area (Å²) < 4.78 is 5.84. The monoisotopic (exact) mass is 269 g/mol. The highest BCUT2D eigenvalue weighted by molar-refractivity contribution is 5.29. The summed E-state index contributed by atoms with van der Waals surface area (Å²) in [7, 11) is 0. The first kappa shape index (κ1) is 14.6. The predicted octanol–water partition coefficient (Wildman–Crippen LogP) is 4.15. The topological polar surface area (TPSA) is 21.3 Å². The van der Waals surface area contributed by atoms with Gasteiger partial charge < -0.3 is 10.1 Å². The Morgan fingerprint density at radius 3 is 2.50 bits per heavy atom. The Bertz CT molecular complexity index is 510. The van der Waals surface area contributed by atoms with E-state index in [1.807, 2.05) is 30.3 Å². The van der Waals surface area contributed by atoms with Gasteiger partial charge in [0.05, 0.1) is 0 Å². The van der Waals surface area contributed by atoms with Crippen molar-refractivity contribution in [3.05, 3.63) is 65.7 Å². The molecule has 1 atom stereocenters. The molecular formula is C18H23NO. The molecule has 0 aromatic heterocycles. The minimum absolute atomic E-state index is 0.545. The SMILES string of the molecule is CC[C@@H](C)NCc1cccc(OCc2ccccc2)c1. The number of nitrogens with one attached hydrogen (secondary N) is 1. The molecule has 0 aliphatic heterocycles. The fourth-order valence-corrected chi connectivity index (χ4v) is 1.92. The predicted molar refractivity (Wildman–Crippen MR) is 83.8 cm³/mol. The van der Waals surface area contributed by atoms with Gasteiger partial charge in [0.25, 0.3) is 0 Å². The molecule has 0 radical (unpaired) electrons. The van der Waals surface area contributed by atoms with Gasteiger partial charge >= 0.3 is 0 Å². The fraction of sp³-hybridized carbons (Fsp3) is 0.333. The average molecular weight is 269 g/mol. The van der Waals surface area contributed by atoms with Gasteiger partial charge in [-0.15, -0.1) is 0 Å². The Labute approximate surface area is 121 Å². The van der Waals surface area contributed by atoms with Crippen molar-refractivity contribution in [1.29, 1.82) is 0 Å². The first-order chi connectivity index (χ1) is 9.78. The third-order valence-corrected chi connectivity index (χ3v) is 3.41. The van der Waals surface area contributed by atoms with Crippen molar-refractivity contribution in [2.45, 2.75) is 39.5 Å². The molecule has 0 saturated heterocycles. The Hall–Kier alpha value is -1.80. The van der Waals surface area contributed by atoms with E-state index in [1.165, 1.54) is 11.1 Å². The molecule has 106 valence electrons. The highest BCUT2D eigenvalue weighted by Crippen LogP contribution is 2.15. The molecule has 0 amide bonds. The molecule has 0 spiro atoms. The molecule has 0 aliphatic rings. The standard InChI is InChI=1S/C18H23NO/c1-3-15(2)19-13-17-10-7-11-18(12-17)20-14-16-8-5-4-6-9-16/h4-12,15,19H,3,13-14H2,1-2H3/t15-/m1/s1. The second kappa shape index (κ2) is 7.71.